The third-order valence-electron chi connectivity index (χ3n) is 7.29. The van der Waals surface area contributed by atoms with Crippen LogP contribution in [0.1, 0.15) is 16.7 Å². The molecule has 0 atom stereocenters. The summed E-state index contributed by atoms with van der Waals surface area (Å²) in [5, 5.41) is 20.9. The molecule has 0 heterocycles. The van der Waals surface area contributed by atoms with Gasteiger partial charge in [0.05, 0.1) is 5.69 Å². The van der Waals surface area contributed by atoms with Crippen molar-refractivity contribution in [2.24, 2.45) is 0 Å². The van der Waals surface area contributed by atoms with Crippen LogP contribution in [0.3, 0.4) is 0 Å². The first-order valence-corrected chi connectivity index (χ1v) is 11.9. The predicted octanol–water partition coefficient (Wildman–Crippen LogP) is 8.00. The zero-order valence-electron chi connectivity index (χ0n) is 19.1. The van der Waals surface area contributed by atoms with Crippen LogP contribution in [-0.4, -0.2) is 5.11 Å². The summed E-state index contributed by atoms with van der Waals surface area (Å²) in [6.07, 6.45) is 0. The molecule has 166 valence electrons. The van der Waals surface area contributed by atoms with Gasteiger partial charge in [-0.1, -0.05) is 121 Å². The van der Waals surface area contributed by atoms with Gasteiger partial charge in [0, 0.05) is 33.2 Å². The van der Waals surface area contributed by atoms with Gasteiger partial charge in [0.1, 0.15) is 5.60 Å². The zero-order chi connectivity index (χ0) is 23.4. The molecule has 0 amide bonds. The monoisotopic (exact) mass is 449 g/mol. The van der Waals surface area contributed by atoms with E-state index in [0.29, 0.717) is 0 Å². The molecule has 6 aromatic rings. The van der Waals surface area contributed by atoms with Crippen molar-refractivity contribution in [2.75, 3.05) is 5.32 Å². The Kier molecular flexibility index (Phi) is 4.32. The Bertz CT molecular complexity index is 1700. The van der Waals surface area contributed by atoms with Crippen LogP contribution >= 0.6 is 0 Å². The van der Waals surface area contributed by atoms with Gasteiger partial charge in [0.2, 0.25) is 0 Å². The second-order valence-corrected chi connectivity index (χ2v) is 9.16. The normalized spacial score (nSPS) is 13.5. The lowest BCUT2D eigenvalue weighted by Crippen LogP contribution is -2.27. The van der Waals surface area contributed by atoms with E-state index < -0.39 is 5.60 Å². The SMILES string of the molecule is OC1(c2ccc3ccccc3c2Nc2cccc3ccccc23)c2ccccc2-c2ccccc21. The van der Waals surface area contributed by atoms with Gasteiger partial charge in [-0.25, -0.2) is 0 Å². The lowest BCUT2D eigenvalue weighted by molar-refractivity contribution is 0.131. The van der Waals surface area contributed by atoms with Crippen LogP contribution in [0.15, 0.2) is 127 Å². The van der Waals surface area contributed by atoms with E-state index in [1.54, 1.807) is 0 Å². The molecule has 0 unspecified atom stereocenters. The summed E-state index contributed by atoms with van der Waals surface area (Å²) in [4.78, 5) is 0. The highest BCUT2D eigenvalue weighted by Crippen LogP contribution is 2.53. The largest absolute Gasteiger partial charge is 0.376 e. The van der Waals surface area contributed by atoms with E-state index in [9.17, 15) is 5.11 Å². The van der Waals surface area contributed by atoms with Crippen molar-refractivity contribution in [2.45, 2.75) is 5.60 Å². The molecule has 6 aromatic carbocycles. The average Bonchev–Trinajstić information content (AvgIpc) is 3.18. The molecule has 0 saturated carbocycles. The molecular weight excluding hydrogens is 426 g/mol. The predicted molar refractivity (Wildman–Crippen MR) is 145 cm³/mol. The summed E-state index contributed by atoms with van der Waals surface area (Å²) >= 11 is 0. The second kappa shape index (κ2) is 7.56. The molecule has 2 N–H and O–H groups in total. The molecule has 0 aromatic heterocycles. The second-order valence-electron chi connectivity index (χ2n) is 9.16. The van der Waals surface area contributed by atoms with Crippen molar-refractivity contribution in [3.8, 4) is 11.1 Å². The molecule has 0 aliphatic heterocycles. The molecule has 0 fully saturated rings. The third kappa shape index (κ3) is 2.87. The van der Waals surface area contributed by atoms with Gasteiger partial charge in [-0.3, -0.25) is 0 Å². The molecule has 35 heavy (non-hydrogen) atoms. The standard InChI is InChI=1S/C33H23NO/c35-33(28-17-7-5-15-26(28)27-16-6-8-18-29(27)33)30-21-20-23-11-2-4-14-25(23)32(30)34-31-19-9-12-22-10-1-3-13-24(22)31/h1-21,34-35H. The summed E-state index contributed by atoms with van der Waals surface area (Å²) in [7, 11) is 0. The van der Waals surface area contributed by atoms with Crippen LogP contribution in [0.5, 0.6) is 0 Å². The van der Waals surface area contributed by atoms with E-state index in [0.717, 1.165) is 55.4 Å². The smallest absolute Gasteiger partial charge is 0.143 e. The van der Waals surface area contributed by atoms with Crippen LogP contribution in [0.2, 0.25) is 0 Å². The van der Waals surface area contributed by atoms with Crippen LogP contribution in [0.4, 0.5) is 11.4 Å². The minimum absolute atomic E-state index is 0.849. The van der Waals surface area contributed by atoms with Gasteiger partial charge in [-0.15, -0.1) is 0 Å². The number of benzene rings is 6. The molecule has 0 radical (unpaired) electrons. The Morgan fingerprint density at radius 2 is 1.00 bits per heavy atom. The van der Waals surface area contributed by atoms with Gasteiger partial charge in [0.25, 0.3) is 0 Å². The number of anilines is 2. The molecule has 7 rings (SSSR count). The fraction of sp³-hybridized carbons (Fsp3) is 0.0303. The van der Waals surface area contributed by atoms with Crippen molar-refractivity contribution in [3.63, 3.8) is 0 Å². The van der Waals surface area contributed by atoms with E-state index in [1.807, 2.05) is 36.4 Å². The Morgan fingerprint density at radius 3 is 1.71 bits per heavy atom. The van der Waals surface area contributed by atoms with E-state index in [4.69, 9.17) is 0 Å². The van der Waals surface area contributed by atoms with Crippen molar-refractivity contribution in [1.82, 2.24) is 0 Å². The first-order chi connectivity index (χ1) is 17.2. The van der Waals surface area contributed by atoms with E-state index in [2.05, 4.69) is 96.3 Å². The summed E-state index contributed by atoms with van der Waals surface area (Å²) in [6, 6.07) is 43.6. The summed E-state index contributed by atoms with van der Waals surface area (Å²) in [6.45, 7) is 0. The minimum atomic E-state index is -1.27. The van der Waals surface area contributed by atoms with Gasteiger partial charge in [-0.2, -0.15) is 0 Å². The van der Waals surface area contributed by atoms with Gasteiger partial charge < -0.3 is 10.4 Å². The fourth-order valence-corrected chi connectivity index (χ4v) is 5.68. The topological polar surface area (TPSA) is 32.3 Å². The fourth-order valence-electron chi connectivity index (χ4n) is 5.68. The van der Waals surface area contributed by atoms with Crippen molar-refractivity contribution >= 4 is 32.9 Å². The number of hydrogen-bond donors (Lipinski definition) is 2. The number of aliphatic hydroxyl groups is 1. The Balaban J connectivity index is 1.54. The maximum absolute atomic E-state index is 12.7. The first-order valence-electron chi connectivity index (χ1n) is 11.9. The quantitative estimate of drug-likeness (QED) is 0.287. The number of rotatable bonds is 3. The van der Waals surface area contributed by atoms with Gasteiger partial charge in [0.15, 0.2) is 0 Å². The molecule has 0 saturated heterocycles. The van der Waals surface area contributed by atoms with E-state index >= 15 is 0 Å². The van der Waals surface area contributed by atoms with Crippen molar-refractivity contribution < 1.29 is 5.11 Å². The van der Waals surface area contributed by atoms with Crippen LogP contribution in [0.25, 0.3) is 32.7 Å². The molecule has 1 aliphatic rings. The lowest BCUT2D eigenvalue weighted by Gasteiger charge is -2.30. The summed E-state index contributed by atoms with van der Waals surface area (Å²) < 4.78 is 0. The maximum atomic E-state index is 12.7. The van der Waals surface area contributed by atoms with Crippen LogP contribution in [-0.2, 0) is 5.60 Å². The highest BCUT2D eigenvalue weighted by molar-refractivity contribution is 6.03. The van der Waals surface area contributed by atoms with E-state index in [-0.39, 0.29) is 0 Å². The number of nitrogens with one attached hydrogen (secondary N) is 1. The Hall–Kier alpha value is -4.40. The molecule has 1 aliphatic carbocycles. The zero-order valence-corrected chi connectivity index (χ0v) is 19.1. The van der Waals surface area contributed by atoms with Gasteiger partial charge >= 0.3 is 0 Å². The highest BCUT2D eigenvalue weighted by Gasteiger charge is 2.44. The molecule has 2 heteroatoms. The van der Waals surface area contributed by atoms with Crippen molar-refractivity contribution in [1.29, 1.82) is 0 Å². The van der Waals surface area contributed by atoms with Crippen LogP contribution < -0.4 is 5.32 Å². The lowest BCUT2D eigenvalue weighted by atomic mass is 9.82. The van der Waals surface area contributed by atoms with Gasteiger partial charge in [-0.05, 0) is 28.0 Å². The first kappa shape index (κ1) is 20.0. The third-order valence-corrected chi connectivity index (χ3v) is 7.29. The summed E-state index contributed by atoms with van der Waals surface area (Å²) in [5.41, 5.74) is 5.50. The molecule has 0 spiro atoms. The van der Waals surface area contributed by atoms with E-state index in [1.165, 1.54) is 5.39 Å². The maximum Gasteiger partial charge on any atom is 0.143 e. The summed E-state index contributed by atoms with van der Waals surface area (Å²) in [5.74, 6) is 0. The number of fused-ring (bicyclic) bond motifs is 5. The molecule has 2 nitrogen and oxygen atoms in total. The highest BCUT2D eigenvalue weighted by atomic mass is 16.3. The Labute approximate surface area is 204 Å². The average molecular weight is 450 g/mol. The van der Waals surface area contributed by atoms with Crippen LogP contribution in [0, 0.1) is 0 Å². The van der Waals surface area contributed by atoms with Crippen molar-refractivity contribution in [3.05, 3.63) is 144 Å². The molecular formula is C33H23NO. The minimum Gasteiger partial charge on any atom is -0.376 e. The molecule has 0 bridgehead atoms. The number of hydrogen-bond acceptors (Lipinski definition) is 2. The Morgan fingerprint density at radius 1 is 0.457 bits per heavy atom.